The number of benzene rings is 2. The fraction of sp³-hybridized carbons (Fsp3) is 0.391. The maximum Gasteiger partial charge on any atom is 0.172 e. The third-order valence-electron chi connectivity index (χ3n) is 7.07. The maximum atomic E-state index is 13.3. The quantitative estimate of drug-likeness (QED) is 0.782. The SMILES string of the molecule is Cc1ccc(C2(c3ccc(C)cc3)C3C(=O)[C@@]4(C)OC4C(=O)[C@@]32C)cc1. The molecule has 2 aliphatic carbocycles. The number of Topliss-reactive ketones (excluding diaryl/α,β-unsaturated/α-hetero) is 2. The van der Waals surface area contributed by atoms with Crippen LogP contribution in [0.2, 0.25) is 0 Å². The van der Waals surface area contributed by atoms with Crippen molar-refractivity contribution in [1.29, 1.82) is 0 Å². The number of aryl methyl sites for hydroxylation is 2. The first-order chi connectivity index (χ1) is 12.3. The number of rotatable bonds is 2. The van der Waals surface area contributed by atoms with Crippen LogP contribution in [0.3, 0.4) is 0 Å². The summed E-state index contributed by atoms with van der Waals surface area (Å²) in [6.45, 7) is 7.82. The Labute approximate surface area is 153 Å². The van der Waals surface area contributed by atoms with Crippen LogP contribution in [-0.2, 0) is 19.7 Å². The van der Waals surface area contributed by atoms with Gasteiger partial charge in [0, 0.05) is 11.3 Å². The van der Waals surface area contributed by atoms with Crippen LogP contribution in [0.4, 0.5) is 0 Å². The van der Waals surface area contributed by atoms with Gasteiger partial charge in [-0.3, -0.25) is 9.59 Å². The van der Waals surface area contributed by atoms with Crippen molar-refractivity contribution in [2.75, 3.05) is 0 Å². The van der Waals surface area contributed by atoms with Gasteiger partial charge in [-0.05, 0) is 31.9 Å². The molecule has 0 aromatic heterocycles. The van der Waals surface area contributed by atoms with Crippen molar-refractivity contribution >= 4 is 11.6 Å². The van der Waals surface area contributed by atoms with Gasteiger partial charge in [0.15, 0.2) is 23.3 Å². The molecule has 0 bridgehead atoms. The standard InChI is InChI=1S/C23H22O3/c1-13-5-9-15(10-6-13)23(16-11-7-14(2)8-12-16)17-18(24)22(4)20(26-22)19(25)21(17,23)3/h5-12,17,20H,1-4H3/t17?,20?,21-,22-/m1/s1. The van der Waals surface area contributed by atoms with E-state index in [0.29, 0.717) is 0 Å². The highest BCUT2D eigenvalue weighted by Gasteiger charge is 2.90. The molecule has 3 aliphatic rings. The lowest BCUT2D eigenvalue weighted by atomic mass is 9.77. The molecule has 2 saturated carbocycles. The molecule has 2 unspecified atom stereocenters. The van der Waals surface area contributed by atoms with E-state index in [9.17, 15) is 9.59 Å². The summed E-state index contributed by atoms with van der Waals surface area (Å²) in [6, 6.07) is 16.6. The number of fused-ring (bicyclic) bond motifs is 2. The van der Waals surface area contributed by atoms with Gasteiger partial charge in [0.05, 0.1) is 5.41 Å². The number of hydrogen-bond donors (Lipinski definition) is 0. The summed E-state index contributed by atoms with van der Waals surface area (Å²) in [6.07, 6.45) is -0.575. The fourth-order valence-corrected chi connectivity index (χ4v) is 5.41. The average molecular weight is 346 g/mol. The van der Waals surface area contributed by atoms with Gasteiger partial charge >= 0.3 is 0 Å². The summed E-state index contributed by atoms with van der Waals surface area (Å²) in [5.74, 6) is -0.215. The van der Waals surface area contributed by atoms with Gasteiger partial charge in [-0.1, -0.05) is 66.6 Å². The van der Waals surface area contributed by atoms with Crippen LogP contribution >= 0.6 is 0 Å². The zero-order chi connectivity index (χ0) is 18.5. The van der Waals surface area contributed by atoms with Crippen molar-refractivity contribution in [2.24, 2.45) is 11.3 Å². The Hall–Kier alpha value is -2.26. The van der Waals surface area contributed by atoms with E-state index < -0.39 is 22.5 Å². The molecular formula is C23H22O3. The van der Waals surface area contributed by atoms with Crippen LogP contribution in [-0.4, -0.2) is 23.3 Å². The Balaban J connectivity index is 1.77. The van der Waals surface area contributed by atoms with E-state index in [-0.39, 0.29) is 17.5 Å². The molecule has 3 nitrogen and oxygen atoms in total. The smallest absolute Gasteiger partial charge is 0.172 e. The van der Waals surface area contributed by atoms with Crippen molar-refractivity contribution in [3.8, 4) is 0 Å². The molecule has 26 heavy (non-hydrogen) atoms. The van der Waals surface area contributed by atoms with Crippen molar-refractivity contribution in [3.05, 3.63) is 70.8 Å². The van der Waals surface area contributed by atoms with E-state index in [1.165, 1.54) is 0 Å². The molecule has 0 amide bonds. The van der Waals surface area contributed by atoms with E-state index in [1.54, 1.807) is 6.92 Å². The molecule has 3 fully saturated rings. The molecular weight excluding hydrogens is 324 g/mol. The van der Waals surface area contributed by atoms with Gasteiger partial charge in [-0.25, -0.2) is 0 Å². The molecule has 132 valence electrons. The third kappa shape index (κ3) is 1.55. The number of carbonyl (C=O) groups is 2. The van der Waals surface area contributed by atoms with Crippen LogP contribution in [0, 0.1) is 25.2 Å². The Morgan fingerprint density at radius 2 is 1.23 bits per heavy atom. The minimum absolute atomic E-state index is 0.0748. The predicted octanol–water partition coefficient (Wildman–Crippen LogP) is 3.53. The highest BCUT2D eigenvalue weighted by Crippen LogP contribution is 2.78. The second-order valence-electron chi connectivity index (χ2n) is 8.51. The minimum Gasteiger partial charge on any atom is -0.350 e. The average Bonchev–Trinajstić information content (AvgIpc) is 3.47. The second-order valence-corrected chi connectivity index (χ2v) is 8.51. The van der Waals surface area contributed by atoms with E-state index in [0.717, 1.165) is 22.3 Å². The summed E-state index contributed by atoms with van der Waals surface area (Å²) >= 11 is 0. The molecule has 0 N–H and O–H groups in total. The lowest BCUT2D eigenvalue weighted by Crippen LogP contribution is -2.39. The minimum atomic E-state index is -0.918. The summed E-state index contributed by atoms with van der Waals surface area (Å²) in [4.78, 5) is 26.6. The van der Waals surface area contributed by atoms with Crippen molar-refractivity contribution in [1.82, 2.24) is 0 Å². The molecule has 0 radical (unpaired) electrons. The van der Waals surface area contributed by atoms with Crippen LogP contribution < -0.4 is 0 Å². The first-order valence-corrected chi connectivity index (χ1v) is 9.18. The topological polar surface area (TPSA) is 46.7 Å². The first kappa shape index (κ1) is 16.0. The van der Waals surface area contributed by atoms with Crippen molar-refractivity contribution < 1.29 is 14.3 Å². The molecule has 3 heteroatoms. The number of ether oxygens (including phenoxy) is 1. The normalized spacial score (nSPS) is 36.3. The monoisotopic (exact) mass is 346 g/mol. The van der Waals surface area contributed by atoms with Gasteiger partial charge in [0.1, 0.15) is 0 Å². The van der Waals surface area contributed by atoms with Gasteiger partial charge in [-0.2, -0.15) is 0 Å². The van der Waals surface area contributed by atoms with Gasteiger partial charge in [0.2, 0.25) is 0 Å². The Morgan fingerprint density at radius 3 is 1.69 bits per heavy atom. The molecule has 1 heterocycles. The molecule has 1 aliphatic heterocycles. The Bertz CT molecular complexity index is 908. The molecule has 0 spiro atoms. The fourth-order valence-electron chi connectivity index (χ4n) is 5.41. The van der Waals surface area contributed by atoms with Crippen LogP contribution in [0.5, 0.6) is 0 Å². The molecule has 2 aromatic carbocycles. The zero-order valence-electron chi connectivity index (χ0n) is 15.5. The largest absolute Gasteiger partial charge is 0.350 e. The molecule has 5 rings (SSSR count). The predicted molar refractivity (Wildman–Crippen MR) is 98.0 cm³/mol. The molecule has 2 aromatic rings. The summed E-state index contributed by atoms with van der Waals surface area (Å²) in [5, 5.41) is 0. The number of epoxide rings is 1. The zero-order valence-corrected chi connectivity index (χ0v) is 15.5. The molecule has 4 atom stereocenters. The van der Waals surface area contributed by atoms with Crippen LogP contribution in [0.15, 0.2) is 48.5 Å². The lowest BCUT2D eigenvalue weighted by molar-refractivity contribution is -0.132. The Morgan fingerprint density at radius 1 is 0.769 bits per heavy atom. The van der Waals surface area contributed by atoms with Crippen molar-refractivity contribution in [2.45, 2.75) is 44.8 Å². The number of ketones is 2. The second kappa shape index (κ2) is 4.52. The van der Waals surface area contributed by atoms with Crippen molar-refractivity contribution in [3.63, 3.8) is 0 Å². The summed E-state index contributed by atoms with van der Waals surface area (Å²) in [5.41, 5.74) is 2.17. The van der Waals surface area contributed by atoms with E-state index >= 15 is 0 Å². The van der Waals surface area contributed by atoms with Gasteiger partial charge in [-0.15, -0.1) is 0 Å². The molecule has 1 saturated heterocycles. The van der Waals surface area contributed by atoms with Crippen LogP contribution in [0.1, 0.15) is 36.1 Å². The van der Waals surface area contributed by atoms with E-state index in [1.807, 2.05) is 20.8 Å². The Kier molecular flexibility index (Phi) is 2.78. The summed E-state index contributed by atoms with van der Waals surface area (Å²) in [7, 11) is 0. The van der Waals surface area contributed by atoms with E-state index in [4.69, 9.17) is 4.74 Å². The van der Waals surface area contributed by atoms with E-state index in [2.05, 4.69) is 48.5 Å². The van der Waals surface area contributed by atoms with Crippen LogP contribution in [0.25, 0.3) is 0 Å². The lowest BCUT2D eigenvalue weighted by Gasteiger charge is -2.23. The van der Waals surface area contributed by atoms with Gasteiger partial charge in [0.25, 0.3) is 0 Å². The maximum absolute atomic E-state index is 13.3. The number of hydrogen-bond acceptors (Lipinski definition) is 3. The van der Waals surface area contributed by atoms with Gasteiger partial charge < -0.3 is 4.74 Å². The third-order valence-corrected chi connectivity index (χ3v) is 7.07. The highest BCUT2D eigenvalue weighted by molar-refractivity contribution is 6.17. The highest BCUT2D eigenvalue weighted by atomic mass is 16.6. The summed E-state index contributed by atoms with van der Waals surface area (Å²) < 4.78 is 5.56. The first-order valence-electron chi connectivity index (χ1n) is 9.18. The number of carbonyl (C=O) groups excluding carboxylic acids is 2.